The van der Waals surface area contributed by atoms with Crippen LogP contribution >= 0.6 is 0 Å². The number of ether oxygens (including phenoxy) is 3. The molecule has 8 nitrogen and oxygen atoms in total. The number of methoxy groups -OCH3 is 2. The van der Waals surface area contributed by atoms with Crippen molar-refractivity contribution in [3.63, 3.8) is 0 Å². The van der Waals surface area contributed by atoms with E-state index in [1.807, 2.05) is 0 Å². The Balaban J connectivity index is 1.95. The highest BCUT2D eigenvalue weighted by atomic mass is 32.2. The molecule has 0 saturated heterocycles. The lowest BCUT2D eigenvalue weighted by atomic mass is 10.2. The molecule has 0 saturated carbocycles. The van der Waals surface area contributed by atoms with Gasteiger partial charge in [0.05, 0.1) is 32.7 Å². The molecule has 29 heavy (non-hydrogen) atoms. The maximum atomic E-state index is 12.5. The van der Waals surface area contributed by atoms with Crippen molar-refractivity contribution in [2.24, 2.45) is 0 Å². The molecule has 1 atom stereocenters. The van der Waals surface area contributed by atoms with Gasteiger partial charge in [-0.2, -0.15) is 0 Å². The first kappa shape index (κ1) is 22.4. The summed E-state index contributed by atoms with van der Waals surface area (Å²) in [4.78, 5) is 12.5. The van der Waals surface area contributed by atoms with Crippen LogP contribution in [0.4, 0.5) is 5.69 Å². The van der Waals surface area contributed by atoms with E-state index in [0.717, 1.165) is 16.3 Å². The number of nitrogens with one attached hydrogen (secondary N) is 1. The topological polar surface area (TPSA) is 94.2 Å². The summed E-state index contributed by atoms with van der Waals surface area (Å²) < 4.78 is 41.4. The van der Waals surface area contributed by atoms with E-state index in [4.69, 9.17) is 14.2 Å². The van der Waals surface area contributed by atoms with E-state index < -0.39 is 22.0 Å². The van der Waals surface area contributed by atoms with Gasteiger partial charge >= 0.3 is 0 Å². The Morgan fingerprint density at radius 3 is 1.93 bits per heavy atom. The summed E-state index contributed by atoms with van der Waals surface area (Å²) in [5.74, 6) is 1.53. The zero-order valence-corrected chi connectivity index (χ0v) is 17.7. The molecule has 2 aromatic carbocycles. The van der Waals surface area contributed by atoms with Gasteiger partial charge in [-0.1, -0.05) is 0 Å². The Morgan fingerprint density at radius 2 is 1.45 bits per heavy atom. The molecule has 0 fully saturated rings. The van der Waals surface area contributed by atoms with Crippen LogP contribution in [-0.2, 0) is 14.8 Å². The van der Waals surface area contributed by atoms with E-state index in [0.29, 0.717) is 17.2 Å². The van der Waals surface area contributed by atoms with Crippen molar-refractivity contribution in [2.75, 3.05) is 37.9 Å². The molecule has 0 spiro atoms. The van der Waals surface area contributed by atoms with Gasteiger partial charge in [-0.15, -0.1) is 0 Å². The Morgan fingerprint density at radius 1 is 0.966 bits per heavy atom. The summed E-state index contributed by atoms with van der Waals surface area (Å²) in [6.07, 6.45) is 1.06. The van der Waals surface area contributed by atoms with E-state index in [-0.39, 0.29) is 13.2 Å². The summed E-state index contributed by atoms with van der Waals surface area (Å²) in [5, 5.41) is 2.70. The number of anilines is 1. The lowest BCUT2D eigenvalue weighted by Gasteiger charge is -2.28. The fourth-order valence-electron chi connectivity index (χ4n) is 2.70. The van der Waals surface area contributed by atoms with Gasteiger partial charge in [0.2, 0.25) is 15.9 Å². The third kappa shape index (κ3) is 6.28. The Hall–Kier alpha value is -2.94. The molecule has 2 aromatic rings. The first-order valence-electron chi connectivity index (χ1n) is 8.94. The van der Waals surface area contributed by atoms with Crippen molar-refractivity contribution in [2.45, 2.75) is 13.0 Å². The number of nitrogens with zero attached hydrogens (tertiary/aromatic N) is 1. The number of rotatable bonds is 10. The van der Waals surface area contributed by atoms with E-state index >= 15 is 0 Å². The number of hydrogen-bond donors (Lipinski definition) is 1. The minimum atomic E-state index is -3.67. The highest BCUT2D eigenvalue weighted by Gasteiger charge is 2.28. The molecule has 0 aromatic heterocycles. The Kier molecular flexibility index (Phi) is 7.72. The SMILES string of the molecule is COc1ccc(OCCNC(=O)[C@@H](C)N(c2ccc(OC)cc2)S(C)(=O)=O)cc1. The molecule has 0 radical (unpaired) electrons. The van der Waals surface area contributed by atoms with Crippen LogP contribution in [0.5, 0.6) is 17.2 Å². The molecule has 2 rings (SSSR count). The number of carbonyl (C=O) groups excluding carboxylic acids is 1. The van der Waals surface area contributed by atoms with Crippen LogP contribution in [-0.4, -0.2) is 54.0 Å². The fraction of sp³-hybridized carbons (Fsp3) is 0.350. The molecule has 0 unspecified atom stereocenters. The third-order valence-electron chi connectivity index (χ3n) is 4.14. The zero-order valence-electron chi connectivity index (χ0n) is 16.9. The van der Waals surface area contributed by atoms with E-state index in [1.165, 1.54) is 14.0 Å². The van der Waals surface area contributed by atoms with Gasteiger partial charge in [0.15, 0.2) is 0 Å². The highest BCUT2D eigenvalue weighted by Crippen LogP contribution is 2.23. The molecule has 0 heterocycles. The van der Waals surface area contributed by atoms with E-state index in [1.54, 1.807) is 55.6 Å². The summed E-state index contributed by atoms with van der Waals surface area (Å²) in [6, 6.07) is 12.6. The van der Waals surface area contributed by atoms with Crippen molar-refractivity contribution in [3.8, 4) is 17.2 Å². The predicted molar refractivity (Wildman–Crippen MR) is 111 cm³/mol. The van der Waals surface area contributed by atoms with E-state index in [9.17, 15) is 13.2 Å². The van der Waals surface area contributed by atoms with Crippen molar-refractivity contribution < 1.29 is 27.4 Å². The molecular weight excluding hydrogens is 396 g/mol. The van der Waals surface area contributed by atoms with Gasteiger partial charge in [-0.3, -0.25) is 9.10 Å². The lowest BCUT2D eigenvalue weighted by molar-refractivity contribution is -0.121. The standard InChI is InChI=1S/C20H26N2O6S/c1-15(22(29(4,24)25)16-5-7-17(26-2)8-6-16)20(23)21-13-14-28-19-11-9-18(27-3)10-12-19/h5-12,15H,13-14H2,1-4H3,(H,21,23)/t15-/m1/s1. The molecule has 0 bridgehead atoms. The van der Waals surface area contributed by atoms with Crippen molar-refractivity contribution in [3.05, 3.63) is 48.5 Å². The highest BCUT2D eigenvalue weighted by molar-refractivity contribution is 7.92. The summed E-state index contributed by atoms with van der Waals surface area (Å²) in [5.41, 5.74) is 0.380. The number of amides is 1. The average molecular weight is 423 g/mol. The smallest absolute Gasteiger partial charge is 0.243 e. The Labute approximate surface area is 171 Å². The van der Waals surface area contributed by atoms with Gasteiger partial charge in [-0.05, 0) is 55.5 Å². The molecule has 1 N–H and O–H groups in total. The fourth-order valence-corrected chi connectivity index (χ4v) is 3.88. The predicted octanol–water partition coefficient (Wildman–Crippen LogP) is 2.05. The largest absolute Gasteiger partial charge is 0.497 e. The van der Waals surface area contributed by atoms with Gasteiger partial charge < -0.3 is 19.5 Å². The number of hydrogen-bond acceptors (Lipinski definition) is 6. The second-order valence-electron chi connectivity index (χ2n) is 6.25. The van der Waals surface area contributed by atoms with Gasteiger partial charge in [-0.25, -0.2) is 8.42 Å². The minimum absolute atomic E-state index is 0.232. The van der Waals surface area contributed by atoms with Gasteiger partial charge in [0, 0.05) is 0 Å². The van der Waals surface area contributed by atoms with Crippen LogP contribution in [0.25, 0.3) is 0 Å². The maximum Gasteiger partial charge on any atom is 0.243 e. The lowest BCUT2D eigenvalue weighted by Crippen LogP contribution is -2.48. The maximum absolute atomic E-state index is 12.5. The van der Waals surface area contributed by atoms with Crippen LogP contribution in [0.15, 0.2) is 48.5 Å². The van der Waals surface area contributed by atoms with E-state index in [2.05, 4.69) is 5.32 Å². The van der Waals surface area contributed by atoms with Crippen molar-refractivity contribution >= 4 is 21.6 Å². The van der Waals surface area contributed by atoms with Crippen LogP contribution in [0.3, 0.4) is 0 Å². The van der Waals surface area contributed by atoms with Crippen LogP contribution < -0.4 is 23.8 Å². The Bertz CT molecular complexity index is 898. The monoisotopic (exact) mass is 422 g/mol. The number of carbonyl (C=O) groups is 1. The molecule has 158 valence electrons. The molecule has 9 heteroatoms. The second-order valence-corrected chi connectivity index (χ2v) is 8.11. The molecular formula is C20H26N2O6S. The van der Waals surface area contributed by atoms with Crippen molar-refractivity contribution in [1.29, 1.82) is 0 Å². The minimum Gasteiger partial charge on any atom is -0.497 e. The first-order chi connectivity index (χ1) is 13.8. The summed E-state index contributed by atoms with van der Waals surface area (Å²) in [7, 11) is -0.571. The quantitative estimate of drug-likeness (QED) is 0.589. The van der Waals surface area contributed by atoms with Crippen LogP contribution in [0, 0.1) is 0 Å². The van der Waals surface area contributed by atoms with Gasteiger partial charge in [0.25, 0.3) is 0 Å². The number of sulfonamides is 1. The third-order valence-corrected chi connectivity index (χ3v) is 5.39. The summed E-state index contributed by atoms with van der Waals surface area (Å²) in [6.45, 7) is 2.01. The molecule has 1 amide bonds. The molecule has 0 aliphatic carbocycles. The first-order valence-corrected chi connectivity index (χ1v) is 10.8. The molecule has 0 aliphatic rings. The molecule has 0 aliphatic heterocycles. The zero-order chi connectivity index (χ0) is 21.4. The summed E-state index contributed by atoms with van der Waals surface area (Å²) >= 11 is 0. The average Bonchev–Trinajstić information content (AvgIpc) is 2.71. The van der Waals surface area contributed by atoms with Crippen molar-refractivity contribution in [1.82, 2.24) is 5.32 Å². The second kappa shape index (κ2) is 10.0. The van der Waals surface area contributed by atoms with Crippen LogP contribution in [0.1, 0.15) is 6.92 Å². The number of benzene rings is 2. The normalized spacial score (nSPS) is 12.0. The van der Waals surface area contributed by atoms with Crippen LogP contribution in [0.2, 0.25) is 0 Å². The van der Waals surface area contributed by atoms with Gasteiger partial charge in [0.1, 0.15) is 29.9 Å².